The second kappa shape index (κ2) is 10.2. The van der Waals surface area contributed by atoms with E-state index >= 15 is 0 Å². The van der Waals surface area contributed by atoms with Gasteiger partial charge in [-0.1, -0.05) is 30.3 Å². The van der Waals surface area contributed by atoms with Crippen LogP contribution in [0.1, 0.15) is 52.0 Å². The Kier molecular flexibility index (Phi) is 7.37. The van der Waals surface area contributed by atoms with Crippen LogP contribution in [0.25, 0.3) is 0 Å². The normalized spacial score (nSPS) is 31.8. The summed E-state index contributed by atoms with van der Waals surface area (Å²) in [6.07, 6.45) is 3.51. The molecule has 3 fully saturated rings. The molecule has 3 aliphatic rings. The monoisotopic (exact) mass is 454 g/mol. The smallest absolute Gasteiger partial charge is 0.245 e. The zero-order chi connectivity index (χ0) is 23.5. The first-order valence-electron chi connectivity index (χ1n) is 12.5. The predicted octanol–water partition coefficient (Wildman–Crippen LogP) is 1.96. The minimum atomic E-state index is -0.667. The number of hydrogen-bond donors (Lipinski definition) is 2. The second-order valence-electron chi connectivity index (χ2n) is 10.4. The zero-order valence-electron chi connectivity index (χ0n) is 20.1. The number of piperidine rings is 2. The molecule has 33 heavy (non-hydrogen) atoms. The molecule has 7 nitrogen and oxygen atoms in total. The summed E-state index contributed by atoms with van der Waals surface area (Å²) in [4.78, 5) is 43.9. The van der Waals surface area contributed by atoms with Crippen molar-refractivity contribution in [2.75, 3.05) is 19.6 Å². The lowest BCUT2D eigenvalue weighted by molar-refractivity contribution is -0.146. The summed E-state index contributed by atoms with van der Waals surface area (Å²) in [5, 5.41) is 5.77. The largest absolute Gasteiger partial charge is 0.345 e. The van der Waals surface area contributed by atoms with E-state index in [2.05, 4.69) is 34.3 Å². The molecular formula is C26H38N4O3. The highest BCUT2D eigenvalue weighted by Gasteiger charge is 2.44. The summed E-state index contributed by atoms with van der Waals surface area (Å²) >= 11 is 0. The average molecular weight is 455 g/mol. The van der Waals surface area contributed by atoms with Crippen molar-refractivity contribution < 1.29 is 14.4 Å². The van der Waals surface area contributed by atoms with E-state index in [1.54, 1.807) is 6.92 Å². The van der Waals surface area contributed by atoms with Crippen LogP contribution in [0, 0.1) is 11.8 Å². The summed E-state index contributed by atoms with van der Waals surface area (Å²) in [5.74, 6) is 0.468. The number of hydrogen-bond acceptors (Lipinski definition) is 4. The van der Waals surface area contributed by atoms with Gasteiger partial charge in [-0.25, -0.2) is 0 Å². The van der Waals surface area contributed by atoms with Gasteiger partial charge in [0.15, 0.2) is 0 Å². The van der Waals surface area contributed by atoms with E-state index in [1.807, 2.05) is 30.3 Å². The van der Waals surface area contributed by atoms with Gasteiger partial charge < -0.3 is 20.4 Å². The van der Waals surface area contributed by atoms with Gasteiger partial charge in [0.25, 0.3) is 0 Å². The van der Waals surface area contributed by atoms with Crippen LogP contribution in [0.15, 0.2) is 30.3 Å². The topological polar surface area (TPSA) is 81.8 Å². The summed E-state index contributed by atoms with van der Waals surface area (Å²) < 4.78 is 0. The first-order chi connectivity index (χ1) is 15.8. The number of rotatable bonds is 3. The van der Waals surface area contributed by atoms with Crippen LogP contribution >= 0.6 is 0 Å². The Morgan fingerprint density at radius 3 is 2.52 bits per heavy atom. The van der Waals surface area contributed by atoms with Crippen molar-refractivity contribution in [2.24, 2.45) is 11.8 Å². The van der Waals surface area contributed by atoms with E-state index < -0.39 is 12.1 Å². The average Bonchev–Trinajstić information content (AvgIpc) is 2.79. The maximum atomic E-state index is 14.0. The van der Waals surface area contributed by atoms with E-state index in [-0.39, 0.29) is 23.8 Å². The fraction of sp³-hybridized carbons (Fsp3) is 0.654. The van der Waals surface area contributed by atoms with Crippen molar-refractivity contribution >= 4 is 17.7 Å². The molecule has 2 bridgehead atoms. The molecule has 0 unspecified atom stereocenters. The number of fused-ring (bicyclic) bond motifs is 4. The summed E-state index contributed by atoms with van der Waals surface area (Å²) in [6, 6.07) is 9.12. The molecule has 7 heteroatoms. The third-order valence-electron chi connectivity index (χ3n) is 7.58. The van der Waals surface area contributed by atoms with Crippen molar-refractivity contribution in [3.63, 3.8) is 0 Å². The lowest BCUT2D eigenvalue weighted by atomic mass is 9.76. The van der Waals surface area contributed by atoms with Crippen LogP contribution < -0.4 is 10.6 Å². The van der Waals surface area contributed by atoms with Gasteiger partial charge in [-0.05, 0) is 57.4 Å². The van der Waals surface area contributed by atoms with Gasteiger partial charge in [0.1, 0.15) is 12.1 Å². The van der Waals surface area contributed by atoms with Gasteiger partial charge in [0.05, 0.1) is 0 Å². The highest BCUT2D eigenvalue weighted by Crippen LogP contribution is 2.36. The van der Waals surface area contributed by atoms with Gasteiger partial charge in [0.2, 0.25) is 17.7 Å². The molecule has 3 aliphatic heterocycles. The highest BCUT2D eigenvalue weighted by atomic mass is 16.2. The van der Waals surface area contributed by atoms with Crippen molar-refractivity contribution in [3.05, 3.63) is 35.9 Å². The highest BCUT2D eigenvalue weighted by molar-refractivity contribution is 5.92. The maximum absolute atomic E-state index is 14.0. The van der Waals surface area contributed by atoms with Crippen LogP contribution in [0.4, 0.5) is 0 Å². The number of amides is 3. The standard InChI is InChI=1S/C26H38N4O3/c1-17(2)29-14-20-12-21(16-29)23-10-7-11-24(31)27-18(3)25(32)28-22(26(33)30(23)15-20)13-19-8-5-4-6-9-19/h4-6,8-9,17-18,20-23H,7,10-16H2,1-3H3,(H,27,31)(H,28,32)/t18-,20+,21-,22+,23+/m1/s1. The molecule has 0 aromatic heterocycles. The Hall–Kier alpha value is -2.41. The van der Waals surface area contributed by atoms with Crippen molar-refractivity contribution in [1.82, 2.24) is 20.4 Å². The predicted molar refractivity (Wildman–Crippen MR) is 127 cm³/mol. The Morgan fingerprint density at radius 1 is 1.03 bits per heavy atom. The molecule has 5 atom stereocenters. The molecule has 3 amide bonds. The quantitative estimate of drug-likeness (QED) is 0.732. The molecule has 0 saturated carbocycles. The lowest BCUT2D eigenvalue weighted by Crippen LogP contribution is -2.64. The van der Waals surface area contributed by atoms with Crippen LogP contribution in [0.2, 0.25) is 0 Å². The van der Waals surface area contributed by atoms with Gasteiger partial charge >= 0.3 is 0 Å². The van der Waals surface area contributed by atoms with Gasteiger partial charge in [0, 0.05) is 44.6 Å². The van der Waals surface area contributed by atoms with Crippen molar-refractivity contribution in [1.29, 1.82) is 0 Å². The summed E-state index contributed by atoms with van der Waals surface area (Å²) in [6.45, 7) is 8.88. The third kappa shape index (κ3) is 5.57. The fourth-order valence-electron chi connectivity index (χ4n) is 5.83. The molecule has 180 valence electrons. The minimum Gasteiger partial charge on any atom is -0.345 e. The number of nitrogens with zero attached hydrogens (tertiary/aromatic N) is 2. The van der Waals surface area contributed by atoms with E-state index in [0.29, 0.717) is 30.7 Å². The molecule has 3 saturated heterocycles. The van der Waals surface area contributed by atoms with Crippen LogP contribution in [-0.2, 0) is 20.8 Å². The van der Waals surface area contributed by atoms with E-state index in [9.17, 15) is 14.4 Å². The number of likely N-dealkylation sites (tertiary alicyclic amines) is 1. The van der Waals surface area contributed by atoms with Crippen molar-refractivity contribution in [2.45, 2.75) is 77.0 Å². The number of benzene rings is 1. The molecule has 0 radical (unpaired) electrons. The molecule has 0 aliphatic carbocycles. The molecule has 3 heterocycles. The molecule has 2 N–H and O–H groups in total. The van der Waals surface area contributed by atoms with Crippen molar-refractivity contribution in [3.8, 4) is 0 Å². The molecule has 0 spiro atoms. The molecular weight excluding hydrogens is 416 g/mol. The van der Waals surface area contributed by atoms with Gasteiger partial charge in [-0.15, -0.1) is 0 Å². The van der Waals surface area contributed by atoms with Gasteiger partial charge in [-0.3, -0.25) is 14.4 Å². The second-order valence-corrected chi connectivity index (χ2v) is 10.4. The number of carbonyl (C=O) groups is 3. The zero-order valence-corrected chi connectivity index (χ0v) is 20.1. The van der Waals surface area contributed by atoms with E-state index in [4.69, 9.17) is 0 Å². The Balaban J connectivity index is 1.63. The molecule has 1 aromatic carbocycles. The van der Waals surface area contributed by atoms with Crippen LogP contribution in [0.3, 0.4) is 0 Å². The fourth-order valence-corrected chi connectivity index (χ4v) is 5.83. The van der Waals surface area contributed by atoms with E-state index in [1.165, 1.54) is 0 Å². The number of carbonyl (C=O) groups excluding carboxylic acids is 3. The Morgan fingerprint density at radius 2 is 1.79 bits per heavy atom. The minimum absolute atomic E-state index is 0.0176. The van der Waals surface area contributed by atoms with Crippen LogP contribution in [0.5, 0.6) is 0 Å². The number of nitrogens with one attached hydrogen (secondary N) is 2. The third-order valence-corrected chi connectivity index (χ3v) is 7.58. The Labute approximate surface area is 197 Å². The SMILES string of the molecule is CC(C)N1C[C@@H]2C[C@H](C1)[C@@H]1CCCC(=O)N[C@H](C)C(=O)N[C@@H](Cc3ccccc3)C(=O)N1C2. The summed E-state index contributed by atoms with van der Waals surface area (Å²) in [7, 11) is 0. The molecule has 4 rings (SSSR count). The maximum Gasteiger partial charge on any atom is 0.245 e. The van der Waals surface area contributed by atoms with E-state index in [0.717, 1.165) is 44.5 Å². The van der Waals surface area contributed by atoms with Crippen LogP contribution in [-0.4, -0.2) is 71.3 Å². The summed E-state index contributed by atoms with van der Waals surface area (Å²) in [5.41, 5.74) is 1.01. The first kappa shape index (κ1) is 23.7. The van der Waals surface area contributed by atoms with Gasteiger partial charge in [-0.2, -0.15) is 0 Å². The first-order valence-corrected chi connectivity index (χ1v) is 12.5. The lowest BCUT2D eigenvalue weighted by Gasteiger charge is -2.52. The molecule has 1 aromatic rings. The Bertz CT molecular complexity index is 858.